The lowest BCUT2D eigenvalue weighted by Gasteiger charge is -2.22. The van der Waals surface area contributed by atoms with Crippen LogP contribution in [0.1, 0.15) is 23.0 Å². The monoisotopic (exact) mass is 424 g/mol. The molecule has 3 aromatic rings. The van der Waals surface area contributed by atoms with Gasteiger partial charge in [0.1, 0.15) is 23.9 Å². The zero-order chi connectivity index (χ0) is 22.1. The molecule has 0 unspecified atom stereocenters. The van der Waals surface area contributed by atoms with Crippen molar-refractivity contribution in [2.75, 3.05) is 10.2 Å². The van der Waals surface area contributed by atoms with Crippen LogP contribution in [-0.4, -0.2) is 27.6 Å². The summed E-state index contributed by atoms with van der Waals surface area (Å²) in [5.74, 6) is -2.73. The molecule has 0 radical (unpaired) electrons. The van der Waals surface area contributed by atoms with E-state index in [1.807, 2.05) is 31.2 Å². The molecule has 1 aliphatic heterocycles. The summed E-state index contributed by atoms with van der Waals surface area (Å²) in [5, 5.41) is 6.23. The van der Waals surface area contributed by atoms with E-state index in [1.165, 1.54) is 6.07 Å². The van der Waals surface area contributed by atoms with Gasteiger partial charge < -0.3 is 10.2 Å². The third-order valence-electron chi connectivity index (χ3n) is 5.01. The van der Waals surface area contributed by atoms with Gasteiger partial charge in [0.25, 0.3) is 11.5 Å². The first-order valence-electron chi connectivity index (χ1n) is 9.58. The van der Waals surface area contributed by atoms with Crippen LogP contribution in [0.4, 0.5) is 20.2 Å². The van der Waals surface area contributed by atoms with Crippen molar-refractivity contribution in [2.45, 2.75) is 25.9 Å². The van der Waals surface area contributed by atoms with E-state index in [-0.39, 0.29) is 17.4 Å². The van der Waals surface area contributed by atoms with Gasteiger partial charge in [-0.3, -0.25) is 14.4 Å². The molecule has 0 spiro atoms. The third kappa shape index (κ3) is 4.07. The Labute approximate surface area is 175 Å². The summed E-state index contributed by atoms with van der Waals surface area (Å²) in [5.41, 5.74) is 0.842. The number of nitrogens with one attached hydrogen (secondary N) is 1. The smallest absolute Gasteiger partial charge is 0.278 e. The lowest BCUT2D eigenvalue weighted by Crippen LogP contribution is -2.38. The largest absolute Gasteiger partial charge is 0.322 e. The summed E-state index contributed by atoms with van der Waals surface area (Å²) in [6.07, 6.45) is 0.698. The van der Waals surface area contributed by atoms with Crippen LogP contribution >= 0.6 is 0 Å². The number of rotatable bonds is 4. The van der Waals surface area contributed by atoms with Gasteiger partial charge >= 0.3 is 0 Å². The highest BCUT2D eigenvalue weighted by Crippen LogP contribution is 2.32. The van der Waals surface area contributed by atoms with Gasteiger partial charge in [-0.15, -0.1) is 0 Å². The van der Waals surface area contributed by atoms with Gasteiger partial charge in [-0.25, -0.2) is 13.5 Å². The predicted octanol–water partition coefficient (Wildman–Crippen LogP) is 2.75. The average Bonchev–Trinajstić information content (AvgIpc) is 3.07. The fourth-order valence-electron chi connectivity index (χ4n) is 3.59. The molecule has 1 aromatic heterocycles. The van der Waals surface area contributed by atoms with Crippen molar-refractivity contribution in [3.05, 3.63) is 87.8 Å². The van der Waals surface area contributed by atoms with Gasteiger partial charge in [0.2, 0.25) is 5.91 Å². The molecule has 0 aliphatic carbocycles. The molecule has 7 nitrogen and oxygen atoms in total. The molecule has 1 aliphatic rings. The molecular weight excluding hydrogens is 406 g/mol. The fraction of sp³-hybridized carbons (Fsp3) is 0.182. The lowest BCUT2D eigenvalue weighted by atomic mass is 10.1. The number of carbonyl (C=O) groups excluding carboxylic acids is 2. The standard InChI is InChI=1S/C22H18F2N4O3/c1-13-10-14-4-2-3-5-19(14)28(13)22(31)17-8-9-21(30)27(26-17)12-20(29)25-18-11-15(23)6-7-16(18)24/h2-9,11,13H,10,12H2,1H3,(H,25,29)/t13-/m1/s1. The SMILES string of the molecule is C[C@@H]1Cc2ccccc2N1C(=O)c1ccc(=O)n(CC(=O)Nc2cc(F)ccc2F)n1. The Morgan fingerprint density at radius 1 is 1.13 bits per heavy atom. The Morgan fingerprint density at radius 2 is 1.90 bits per heavy atom. The first kappa shape index (κ1) is 20.4. The number of para-hydroxylation sites is 1. The van der Waals surface area contributed by atoms with Gasteiger partial charge in [0, 0.05) is 23.9 Å². The number of anilines is 2. The van der Waals surface area contributed by atoms with Crippen molar-refractivity contribution in [3.63, 3.8) is 0 Å². The molecule has 0 saturated heterocycles. The number of carbonyl (C=O) groups is 2. The van der Waals surface area contributed by atoms with E-state index in [2.05, 4.69) is 10.4 Å². The molecule has 1 N–H and O–H groups in total. The van der Waals surface area contributed by atoms with Gasteiger partial charge in [0.15, 0.2) is 0 Å². The van der Waals surface area contributed by atoms with Crippen molar-refractivity contribution in [3.8, 4) is 0 Å². The summed E-state index contributed by atoms with van der Waals surface area (Å²) in [6.45, 7) is 1.34. The molecule has 158 valence electrons. The van der Waals surface area contributed by atoms with Crippen LogP contribution in [0.3, 0.4) is 0 Å². The molecule has 2 heterocycles. The number of aromatic nitrogens is 2. The number of halogens is 2. The minimum absolute atomic E-state index is 0.00658. The fourth-order valence-corrected chi connectivity index (χ4v) is 3.59. The Morgan fingerprint density at radius 3 is 2.71 bits per heavy atom. The van der Waals surface area contributed by atoms with E-state index in [9.17, 15) is 23.2 Å². The predicted molar refractivity (Wildman–Crippen MR) is 110 cm³/mol. The zero-order valence-corrected chi connectivity index (χ0v) is 16.5. The van der Waals surface area contributed by atoms with Crippen LogP contribution < -0.4 is 15.8 Å². The second-order valence-electron chi connectivity index (χ2n) is 7.24. The number of benzene rings is 2. The van der Waals surface area contributed by atoms with Crippen LogP contribution in [0.2, 0.25) is 0 Å². The van der Waals surface area contributed by atoms with Crippen molar-refractivity contribution in [1.29, 1.82) is 0 Å². The number of fused-ring (bicyclic) bond motifs is 1. The molecule has 2 aromatic carbocycles. The van der Waals surface area contributed by atoms with Crippen LogP contribution in [0.15, 0.2) is 59.4 Å². The van der Waals surface area contributed by atoms with Crippen molar-refractivity contribution in [2.24, 2.45) is 0 Å². The van der Waals surface area contributed by atoms with Crippen molar-refractivity contribution >= 4 is 23.2 Å². The van der Waals surface area contributed by atoms with Crippen LogP contribution in [-0.2, 0) is 17.8 Å². The zero-order valence-electron chi connectivity index (χ0n) is 16.5. The Balaban J connectivity index is 1.56. The maximum Gasteiger partial charge on any atom is 0.278 e. The van der Waals surface area contributed by atoms with Crippen molar-refractivity contribution < 1.29 is 18.4 Å². The van der Waals surface area contributed by atoms with Gasteiger partial charge in [-0.1, -0.05) is 18.2 Å². The van der Waals surface area contributed by atoms with E-state index >= 15 is 0 Å². The number of hydrogen-bond acceptors (Lipinski definition) is 4. The normalized spacial score (nSPS) is 14.9. The third-order valence-corrected chi connectivity index (χ3v) is 5.01. The first-order valence-corrected chi connectivity index (χ1v) is 9.58. The van der Waals surface area contributed by atoms with Crippen molar-refractivity contribution in [1.82, 2.24) is 9.78 Å². The highest BCUT2D eigenvalue weighted by molar-refractivity contribution is 6.06. The lowest BCUT2D eigenvalue weighted by molar-refractivity contribution is -0.117. The maximum absolute atomic E-state index is 13.7. The summed E-state index contributed by atoms with van der Waals surface area (Å²) in [4.78, 5) is 39.1. The number of amides is 2. The van der Waals surface area contributed by atoms with E-state index < -0.39 is 35.6 Å². The minimum atomic E-state index is -0.819. The summed E-state index contributed by atoms with van der Waals surface area (Å²) in [7, 11) is 0. The maximum atomic E-state index is 13.7. The number of nitrogens with zero attached hydrogens (tertiary/aromatic N) is 3. The molecule has 4 rings (SSSR count). The van der Waals surface area contributed by atoms with Gasteiger partial charge in [-0.2, -0.15) is 5.10 Å². The Bertz CT molecular complexity index is 1240. The van der Waals surface area contributed by atoms with Crippen LogP contribution in [0.5, 0.6) is 0 Å². The average molecular weight is 424 g/mol. The van der Waals surface area contributed by atoms with Crippen LogP contribution in [0.25, 0.3) is 0 Å². The summed E-state index contributed by atoms with van der Waals surface area (Å²) < 4.78 is 27.8. The van der Waals surface area contributed by atoms with E-state index in [4.69, 9.17) is 0 Å². The molecule has 0 bridgehead atoms. The van der Waals surface area contributed by atoms with E-state index in [0.29, 0.717) is 6.42 Å². The summed E-state index contributed by atoms with van der Waals surface area (Å²) in [6, 6.07) is 12.5. The first-order chi connectivity index (χ1) is 14.8. The van der Waals surface area contributed by atoms with Gasteiger partial charge in [0.05, 0.1) is 5.69 Å². The molecule has 31 heavy (non-hydrogen) atoms. The van der Waals surface area contributed by atoms with E-state index in [0.717, 1.165) is 40.2 Å². The quantitative estimate of drug-likeness (QED) is 0.698. The molecule has 1 atom stereocenters. The topological polar surface area (TPSA) is 84.3 Å². The second-order valence-corrected chi connectivity index (χ2v) is 7.24. The highest BCUT2D eigenvalue weighted by atomic mass is 19.1. The van der Waals surface area contributed by atoms with Crippen LogP contribution in [0, 0.1) is 11.6 Å². The molecule has 9 heteroatoms. The molecule has 0 fully saturated rings. The second kappa shape index (κ2) is 8.10. The molecule has 0 saturated carbocycles. The van der Waals surface area contributed by atoms with Gasteiger partial charge in [-0.05, 0) is 43.2 Å². The Kier molecular flexibility index (Phi) is 5.33. The number of hydrogen-bond donors (Lipinski definition) is 1. The Hall–Kier alpha value is -3.88. The minimum Gasteiger partial charge on any atom is -0.322 e. The summed E-state index contributed by atoms with van der Waals surface area (Å²) >= 11 is 0. The van der Waals surface area contributed by atoms with E-state index in [1.54, 1.807) is 4.90 Å². The molecular formula is C22H18F2N4O3. The molecule has 2 amide bonds. The highest BCUT2D eigenvalue weighted by Gasteiger charge is 2.32.